The summed E-state index contributed by atoms with van der Waals surface area (Å²) < 4.78 is 11.5. The van der Waals surface area contributed by atoms with E-state index in [0.717, 1.165) is 26.1 Å². The first-order valence-electron chi connectivity index (χ1n) is 7.75. The molecule has 2 atom stereocenters. The number of hydrogen-bond acceptors (Lipinski definition) is 4. The average Bonchev–Trinajstić information content (AvgIpc) is 2.49. The van der Waals surface area contributed by atoms with Gasteiger partial charge in [-0.15, -0.1) is 0 Å². The number of rotatable bonds is 6. The van der Waals surface area contributed by atoms with Crippen molar-refractivity contribution in [3.05, 3.63) is 11.8 Å². The van der Waals surface area contributed by atoms with Crippen molar-refractivity contribution in [3.8, 4) is 0 Å². The summed E-state index contributed by atoms with van der Waals surface area (Å²) in [6, 6.07) is 0.100. The molecular weight excluding hydrogens is 240 g/mol. The molecule has 1 heterocycles. The van der Waals surface area contributed by atoms with E-state index in [1.165, 1.54) is 37.7 Å². The molecule has 4 nitrogen and oxygen atoms in total. The van der Waals surface area contributed by atoms with Crippen molar-refractivity contribution in [2.24, 2.45) is 11.8 Å². The van der Waals surface area contributed by atoms with E-state index in [9.17, 15) is 0 Å². The minimum atomic E-state index is 0.100. The van der Waals surface area contributed by atoms with Gasteiger partial charge in [0.25, 0.3) is 0 Å². The van der Waals surface area contributed by atoms with Crippen LogP contribution in [0.3, 0.4) is 0 Å². The van der Waals surface area contributed by atoms with Gasteiger partial charge in [-0.2, -0.15) is 0 Å². The Labute approximate surface area is 116 Å². The number of hydrogen-bond donors (Lipinski definition) is 2. The fraction of sp³-hybridized carbons (Fsp3) is 0.867. The van der Waals surface area contributed by atoms with Gasteiger partial charge in [0.05, 0.1) is 25.0 Å². The summed E-state index contributed by atoms with van der Waals surface area (Å²) in [5, 5.41) is 0. The van der Waals surface area contributed by atoms with Crippen molar-refractivity contribution in [2.75, 3.05) is 13.2 Å². The molecule has 1 fully saturated rings. The Kier molecular flexibility index (Phi) is 6.14. The number of nitrogens with one attached hydrogen (secondary N) is 1. The lowest BCUT2D eigenvalue weighted by Crippen LogP contribution is -2.50. The summed E-state index contributed by atoms with van der Waals surface area (Å²) in [4.78, 5) is 0. The SMILES string of the molecule is CCOC(C1CCCCC1)C(NN)C1=COCCC1. The second-order valence-electron chi connectivity index (χ2n) is 5.63. The maximum absolute atomic E-state index is 6.05. The van der Waals surface area contributed by atoms with Crippen molar-refractivity contribution < 1.29 is 9.47 Å². The highest BCUT2D eigenvalue weighted by molar-refractivity contribution is 5.13. The summed E-state index contributed by atoms with van der Waals surface area (Å²) in [6.45, 7) is 3.63. The first kappa shape index (κ1) is 14.8. The third-order valence-corrected chi connectivity index (χ3v) is 4.34. The summed E-state index contributed by atoms with van der Waals surface area (Å²) in [5.74, 6) is 6.44. The molecule has 4 heteroatoms. The lowest BCUT2D eigenvalue weighted by molar-refractivity contribution is -0.0119. The number of ether oxygens (including phenoxy) is 2. The largest absolute Gasteiger partial charge is 0.501 e. The molecule has 1 saturated carbocycles. The molecule has 0 aromatic carbocycles. The maximum atomic E-state index is 6.05. The standard InChI is InChI=1S/C15H28N2O2/c1-2-19-15(12-7-4-3-5-8-12)14(17-16)13-9-6-10-18-11-13/h11-12,14-15,17H,2-10,16H2,1H3. The Morgan fingerprint density at radius 3 is 2.74 bits per heavy atom. The van der Waals surface area contributed by atoms with Gasteiger partial charge < -0.3 is 9.47 Å². The van der Waals surface area contributed by atoms with Crippen LogP contribution in [0.15, 0.2) is 11.8 Å². The van der Waals surface area contributed by atoms with Gasteiger partial charge in [0.1, 0.15) is 0 Å². The van der Waals surface area contributed by atoms with Crippen LogP contribution in [0.5, 0.6) is 0 Å². The number of hydrazine groups is 1. The third kappa shape index (κ3) is 3.94. The van der Waals surface area contributed by atoms with Crippen LogP contribution in [0.4, 0.5) is 0 Å². The molecule has 3 N–H and O–H groups in total. The smallest absolute Gasteiger partial charge is 0.0876 e. The van der Waals surface area contributed by atoms with Gasteiger partial charge in [-0.3, -0.25) is 11.3 Å². The van der Waals surface area contributed by atoms with Crippen LogP contribution in [-0.2, 0) is 9.47 Å². The Bertz CT molecular complexity index is 288. The topological polar surface area (TPSA) is 56.5 Å². The highest BCUT2D eigenvalue weighted by Crippen LogP contribution is 2.32. The van der Waals surface area contributed by atoms with Crippen LogP contribution < -0.4 is 11.3 Å². The van der Waals surface area contributed by atoms with Crippen molar-refractivity contribution in [1.29, 1.82) is 0 Å². The fourth-order valence-corrected chi connectivity index (χ4v) is 3.39. The Hall–Kier alpha value is -0.580. The van der Waals surface area contributed by atoms with Gasteiger partial charge in [0.15, 0.2) is 0 Å². The summed E-state index contributed by atoms with van der Waals surface area (Å²) >= 11 is 0. The number of nitrogens with two attached hydrogens (primary N) is 1. The van der Waals surface area contributed by atoms with E-state index in [1.54, 1.807) is 0 Å². The van der Waals surface area contributed by atoms with Crippen molar-refractivity contribution in [1.82, 2.24) is 5.43 Å². The van der Waals surface area contributed by atoms with Gasteiger partial charge in [-0.1, -0.05) is 19.3 Å². The maximum Gasteiger partial charge on any atom is 0.0876 e. The second kappa shape index (κ2) is 7.88. The molecule has 2 unspecified atom stereocenters. The first-order valence-corrected chi connectivity index (χ1v) is 7.75. The van der Waals surface area contributed by atoms with E-state index in [4.69, 9.17) is 15.3 Å². The predicted octanol–water partition coefficient (Wildman–Crippen LogP) is 2.50. The van der Waals surface area contributed by atoms with Gasteiger partial charge >= 0.3 is 0 Å². The summed E-state index contributed by atoms with van der Waals surface area (Å²) in [5.41, 5.74) is 4.24. The van der Waals surface area contributed by atoms with Crippen molar-refractivity contribution in [2.45, 2.75) is 64.0 Å². The molecular formula is C15H28N2O2. The molecule has 110 valence electrons. The normalized spacial score (nSPS) is 24.4. The average molecular weight is 268 g/mol. The highest BCUT2D eigenvalue weighted by Gasteiger charge is 2.33. The fourth-order valence-electron chi connectivity index (χ4n) is 3.39. The van der Waals surface area contributed by atoms with Crippen molar-refractivity contribution >= 4 is 0 Å². The van der Waals surface area contributed by atoms with Gasteiger partial charge in [-0.25, -0.2) is 0 Å². The zero-order chi connectivity index (χ0) is 13.5. The molecule has 0 radical (unpaired) electrons. The monoisotopic (exact) mass is 268 g/mol. The molecule has 1 aliphatic heterocycles. The lowest BCUT2D eigenvalue weighted by Gasteiger charge is -2.37. The van der Waals surface area contributed by atoms with E-state index >= 15 is 0 Å². The highest BCUT2D eigenvalue weighted by atomic mass is 16.5. The molecule has 0 bridgehead atoms. The molecule has 0 aromatic heterocycles. The minimum Gasteiger partial charge on any atom is -0.501 e. The van der Waals surface area contributed by atoms with Crippen LogP contribution >= 0.6 is 0 Å². The molecule has 0 amide bonds. The predicted molar refractivity (Wildman–Crippen MR) is 76.4 cm³/mol. The Morgan fingerprint density at radius 2 is 2.16 bits per heavy atom. The molecule has 19 heavy (non-hydrogen) atoms. The molecule has 0 saturated heterocycles. The van der Waals surface area contributed by atoms with E-state index in [2.05, 4.69) is 12.3 Å². The van der Waals surface area contributed by atoms with Gasteiger partial charge in [0, 0.05) is 6.61 Å². The van der Waals surface area contributed by atoms with Crippen LogP contribution in [0, 0.1) is 5.92 Å². The summed E-state index contributed by atoms with van der Waals surface area (Å²) in [6.07, 6.45) is 10.7. The molecule has 0 spiro atoms. The van der Waals surface area contributed by atoms with Gasteiger partial charge in [0.2, 0.25) is 0 Å². The molecule has 2 aliphatic rings. The van der Waals surface area contributed by atoms with Crippen molar-refractivity contribution in [3.63, 3.8) is 0 Å². The Morgan fingerprint density at radius 1 is 1.37 bits per heavy atom. The van der Waals surface area contributed by atoms with Crippen LogP contribution in [0.2, 0.25) is 0 Å². The van der Waals surface area contributed by atoms with E-state index in [-0.39, 0.29) is 12.1 Å². The van der Waals surface area contributed by atoms with Crippen LogP contribution in [-0.4, -0.2) is 25.4 Å². The van der Waals surface area contributed by atoms with E-state index in [1.807, 2.05) is 6.26 Å². The van der Waals surface area contributed by atoms with Gasteiger partial charge in [-0.05, 0) is 44.1 Å². The lowest BCUT2D eigenvalue weighted by atomic mass is 9.80. The zero-order valence-electron chi connectivity index (χ0n) is 12.1. The van der Waals surface area contributed by atoms with Crippen LogP contribution in [0.25, 0.3) is 0 Å². The quantitative estimate of drug-likeness (QED) is 0.574. The zero-order valence-corrected chi connectivity index (χ0v) is 12.1. The summed E-state index contributed by atoms with van der Waals surface area (Å²) in [7, 11) is 0. The van der Waals surface area contributed by atoms with E-state index < -0.39 is 0 Å². The van der Waals surface area contributed by atoms with E-state index in [0.29, 0.717) is 5.92 Å². The molecule has 0 aromatic rings. The minimum absolute atomic E-state index is 0.100. The molecule has 2 rings (SSSR count). The Balaban J connectivity index is 2.07. The molecule has 1 aliphatic carbocycles. The third-order valence-electron chi connectivity index (χ3n) is 4.34. The second-order valence-corrected chi connectivity index (χ2v) is 5.63. The van der Waals surface area contributed by atoms with Crippen LogP contribution in [0.1, 0.15) is 51.9 Å². The first-order chi connectivity index (χ1) is 9.36.